The van der Waals surface area contributed by atoms with E-state index in [1.165, 1.54) is 38.2 Å². The fraction of sp³-hybridized carbons (Fsp3) is 0.579. The van der Waals surface area contributed by atoms with Gasteiger partial charge in [-0.25, -0.2) is 8.42 Å². The standard InChI is InChI=1S/C19H30N2O4S/c1-14(22)15-8-10-16(11-9-15)26(24,25)21(7)12-17(23)20-19(5,6)13-18(2,3)4/h8-11H,12-13H2,1-7H3,(H,20,23). The van der Waals surface area contributed by atoms with Gasteiger partial charge in [0.1, 0.15) is 0 Å². The van der Waals surface area contributed by atoms with Gasteiger partial charge in [-0.2, -0.15) is 4.31 Å². The van der Waals surface area contributed by atoms with Crippen LogP contribution in [0.15, 0.2) is 29.2 Å². The zero-order chi connectivity index (χ0) is 20.3. The molecule has 0 aliphatic carbocycles. The van der Waals surface area contributed by atoms with Crippen molar-refractivity contribution >= 4 is 21.7 Å². The molecule has 1 N–H and O–H groups in total. The van der Waals surface area contributed by atoms with E-state index in [2.05, 4.69) is 26.1 Å². The third-order valence-corrected chi connectivity index (χ3v) is 5.60. The monoisotopic (exact) mass is 382 g/mol. The Morgan fingerprint density at radius 3 is 1.96 bits per heavy atom. The summed E-state index contributed by atoms with van der Waals surface area (Å²) in [6.45, 7) is 11.2. The van der Waals surface area contributed by atoms with Crippen molar-refractivity contribution in [1.82, 2.24) is 9.62 Å². The number of benzene rings is 1. The SMILES string of the molecule is CC(=O)c1ccc(S(=O)(=O)N(C)CC(=O)NC(C)(C)CC(C)(C)C)cc1. The van der Waals surface area contributed by atoms with Gasteiger partial charge in [-0.1, -0.05) is 32.9 Å². The molecule has 7 heteroatoms. The summed E-state index contributed by atoms with van der Waals surface area (Å²) >= 11 is 0. The van der Waals surface area contributed by atoms with Gasteiger partial charge in [-0.15, -0.1) is 0 Å². The van der Waals surface area contributed by atoms with E-state index in [1.54, 1.807) is 0 Å². The quantitative estimate of drug-likeness (QED) is 0.735. The minimum Gasteiger partial charge on any atom is -0.350 e. The van der Waals surface area contributed by atoms with Crippen LogP contribution in [0.2, 0.25) is 0 Å². The van der Waals surface area contributed by atoms with Crippen molar-refractivity contribution in [2.24, 2.45) is 5.41 Å². The molecule has 1 rings (SSSR count). The molecule has 0 saturated heterocycles. The average Bonchev–Trinajstić information content (AvgIpc) is 2.43. The molecular formula is C19H30N2O4S. The molecular weight excluding hydrogens is 352 g/mol. The number of nitrogens with one attached hydrogen (secondary N) is 1. The Balaban J connectivity index is 2.83. The van der Waals surface area contributed by atoms with Crippen LogP contribution in [0.3, 0.4) is 0 Å². The summed E-state index contributed by atoms with van der Waals surface area (Å²) < 4.78 is 26.2. The van der Waals surface area contributed by atoms with Gasteiger partial charge in [-0.3, -0.25) is 9.59 Å². The highest BCUT2D eigenvalue weighted by molar-refractivity contribution is 7.89. The van der Waals surface area contributed by atoms with E-state index in [0.717, 1.165) is 10.7 Å². The molecule has 0 aliphatic rings. The summed E-state index contributed by atoms with van der Waals surface area (Å²) in [5, 5.41) is 2.90. The van der Waals surface area contributed by atoms with Crippen molar-refractivity contribution in [3.63, 3.8) is 0 Å². The number of amides is 1. The Morgan fingerprint density at radius 2 is 1.54 bits per heavy atom. The molecule has 0 saturated carbocycles. The lowest BCUT2D eigenvalue weighted by atomic mass is 9.82. The van der Waals surface area contributed by atoms with Crippen molar-refractivity contribution in [2.75, 3.05) is 13.6 Å². The molecule has 0 aromatic heterocycles. The van der Waals surface area contributed by atoms with Crippen LogP contribution >= 0.6 is 0 Å². The summed E-state index contributed by atoms with van der Waals surface area (Å²) in [6, 6.07) is 5.69. The number of carbonyl (C=O) groups excluding carboxylic acids is 2. The molecule has 0 aliphatic heterocycles. The van der Waals surface area contributed by atoms with E-state index in [-0.39, 0.29) is 28.5 Å². The van der Waals surface area contributed by atoms with Gasteiger partial charge in [0.05, 0.1) is 11.4 Å². The molecule has 0 fully saturated rings. The van der Waals surface area contributed by atoms with Crippen LogP contribution < -0.4 is 5.32 Å². The second-order valence-electron chi connectivity index (χ2n) is 8.51. The maximum absolute atomic E-state index is 12.6. The van der Waals surface area contributed by atoms with Gasteiger partial charge in [0.15, 0.2) is 5.78 Å². The number of ketones is 1. The first-order valence-electron chi connectivity index (χ1n) is 8.52. The number of rotatable bonds is 7. The maximum atomic E-state index is 12.6. The average molecular weight is 383 g/mol. The fourth-order valence-corrected chi connectivity index (χ4v) is 4.24. The zero-order valence-corrected chi connectivity index (χ0v) is 17.5. The van der Waals surface area contributed by atoms with Crippen LogP contribution in [-0.4, -0.2) is 43.5 Å². The Bertz CT molecular complexity index is 760. The van der Waals surface area contributed by atoms with Crippen LogP contribution in [0.25, 0.3) is 0 Å². The molecule has 1 aromatic carbocycles. The van der Waals surface area contributed by atoms with E-state index in [4.69, 9.17) is 0 Å². The molecule has 0 radical (unpaired) electrons. The predicted octanol–water partition coefficient (Wildman–Crippen LogP) is 2.84. The number of hydrogen-bond donors (Lipinski definition) is 1. The number of nitrogens with zero attached hydrogens (tertiary/aromatic N) is 1. The molecule has 0 bridgehead atoms. The van der Waals surface area contributed by atoms with Crippen LogP contribution in [0.5, 0.6) is 0 Å². The van der Waals surface area contributed by atoms with E-state index >= 15 is 0 Å². The summed E-state index contributed by atoms with van der Waals surface area (Å²) in [4.78, 5) is 23.7. The normalized spacial score (nSPS) is 12.9. The molecule has 1 amide bonds. The lowest BCUT2D eigenvalue weighted by Crippen LogP contribution is -2.49. The third kappa shape index (κ3) is 6.53. The lowest BCUT2D eigenvalue weighted by Gasteiger charge is -2.33. The molecule has 0 unspecified atom stereocenters. The Kier molecular flexibility index (Phi) is 6.76. The maximum Gasteiger partial charge on any atom is 0.243 e. The highest BCUT2D eigenvalue weighted by Gasteiger charge is 2.29. The molecule has 0 spiro atoms. The van der Waals surface area contributed by atoms with Crippen LogP contribution in [0.4, 0.5) is 0 Å². The zero-order valence-electron chi connectivity index (χ0n) is 16.7. The van der Waals surface area contributed by atoms with Crippen LogP contribution in [-0.2, 0) is 14.8 Å². The van der Waals surface area contributed by atoms with Gasteiger partial charge >= 0.3 is 0 Å². The van der Waals surface area contributed by atoms with Crippen molar-refractivity contribution in [3.05, 3.63) is 29.8 Å². The van der Waals surface area contributed by atoms with Crippen LogP contribution in [0.1, 0.15) is 58.3 Å². The smallest absolute Gasteiger partial charge is 0.243 e. The molecule has 0 atom stereocenters. The van der Waals surface area contributed by atoms with Gasteiger partial charge in [0.2, 0.25) is 15.9 Å². The first-order valence-corrected chi connectivity index (χ1v) is 9.96. The van der Waals surface area contributed by atoms with E-state index in [9.17, 15) is 18.0 Å². The molecule has 146 valence electrons. The molecule has 1 aromatic rings. The summed E-state index contributed by atoms with van der Waals surface area (Å²) in [5.41, 5.74) is 0.0318. The topological polar surface area (TPSA) is 83.6 Å². The van der Waals surface area contributed by atoms with E-state index < -0.39 is 15.6 Å². The van der Waals surface area contributed by atoms with Crippen molar-refractivity contribution in [1.29, 1.82) is 0 Å². The highest BCUT2D eigenvalue weighted by atomic mass is 32.2. The first kappa shape index (κ1) is 22.3. The minimum atomic E-state index is -3.81. The summed E-state index contributed by atoms with van der Waals surface area (Å²) in [5.74, 6) is -0.492. The Labute approximate surface area is 157 Å². The number of likely N-dealkylation sites (N-methyl/N-ethyl adjacent to an activating group) is 1. The number of sulfonamides is 1. The second-order valence-corrected chi connectivity index (χ2v) is 10.6. The molecule has 26 heavy (non-hydrogen) atoms. The molecule has 0 heterocycles. The number of Topliss-reactive ketones (excluding diaryl/α,β-unsaturated/α-hetero) is 1. The van der Waals surface area contributed by atoms with Gasteiger partial charge < -0.3 is 5.32 Å². The van der Waals surface area contributed by atoms with E-state index in [0.29, 0.717) is 5.56 Å². The largest absolute Gasteiger partial charge is 0.350 e. The van der Waals surface area contributed by atoms with Gasteiger partial charge in [0, 0.05) is 18.2 Å². The summed E-state index contributed by atoms with van der Waals surface area (Å²) in [7, 11) is -2.44. The number of carbonyl (C=O) groups is 2. The Hall–Kier alpha value is -1.73. The molecule has 6 nitrogen and oxygen atoms in total. The lowest BCUT2D eigenvalue weighted by molar-refractivity contribution is -0.123. The predicted molar refractivity (Wildman–Crippen MR) is 103 cm³/mol. The Morgan fingerprint density at radius 1 is 1.04 bits per heavy atom. The van der Waals surface area contributed by atoms with Crippen molar-refractivity contribution < 1.29 is 18.0 Å². The van der Waals surface area contributed by atoms with Crippen LogP contribution in [0, 0.1) is 5.41 Å². The number of hydrogen-bond acceptors (Lipinski definition) is 4. The minimum absolute atomic E-state index is 0.0349. The highest BCUT2D eigenvalue weighted by Crippen LogP contribution is 2.26. The van der Waals surface area contributed by atoms with Crippen molar-refractivity contribution in [2.45, 2.75) is 58.4 Å². The van der Waals surface area contributed by atoms with E-state index in [1.807, 2.05) is 13.8 Å². The third-order valence-electron chi connectivity index (χ3n) is 3.79. The summed E-state index contributed by atoms with van der Waals surface area (Å²) in [6.07, 6.45) is 0.759. The second kappa shape index (κ2) is 7.88. The van der Waals surface area contributed by atoms with Gasteiger partial charge in [0.25, 0.3) is 0 Å². The fourth-order valence-electron chi connectivity index (χ4n) is 3.12. The van der Waals surface area contributed by atoms with Gasteiger partial charge in [-0.05, 0) is 44.7 Å². The first-order chi connectivity index (χ1) is 11.6. The van der Waals surface area contributed by atoms with Crippen molar-refractivity contribution in [3.8, 4) is 0 Å².